The van der Waals surface area contributed by atoms with Crippen LogP contribution in [0.1, 0.15) is 128 Å². The summed E-state index contributed by atoms with van der Waals surface area (Å²) in [5.41, 5.74) is -3.80. The summed E-state index contributed by atoms with van der Waals surface area (Å²) in [4.78, 5) is 51.6. The summed E-state index contributed by atoms with van der Waals surface area (Å²) >= 11 is 0. The van der Waals surface area contributed by atoms with Crippen LogP contribution < -0.4 is 0 Å². The molecule has 82 heavy (non-hydrogen) atoms. The van der Waals surface area contributed by atoms with Gasteiger partial charge in [-0.15, -0.1) is 0 Å². The second-order valence-electron chi connectivity index (χ2n) is 26.5. The maximum absolute atomic E-state index is 13.3. The molecule has 4 saturated carbocycles. The van der Waals surface area contributed by atoms with E-state index in [1.54, 1.807) is 33.8 Å². The fraction of sp³-hybridized carbons (Fsp3) is 0.831. The molecule has 0 amide bonds. The number of carbonyl (C=O) groups excluding carboxylic acids is 3. The van der Waals surface area contributed by atoms with Gasteiger partial charge in [-0.1, -0.05) is 65.3 Å². The molecule has 464 valence electrons. The summed E-state index contributed by atoms with van der Waals surface area (Å²) in [6.45, 7) is 20.3. The van der Waals surface area contributed by atoms with E-state index in [0.717, 1.165) is 5.57 Å². The van der Waals surface area contributed by atoms with Gasteiger partial charge in [0.05, 0.1) is 49.1 Å². The van der Waals surface area contributed by atoms with Crippen molar-refractivity contribution in [2.75, 3.05) is 19.8 Å². The molecule has 0 aromatic heterocycles. The van der Waals surface area contributed by atoms with Gasteiger partial charge in [0.1, 0.15) is 49.3 Å². The molecule has 3 heterocycles. The quantitative estimate of drug-likeness (QED) is 0.0390. The number of hydrogen-bond acceptors (Lipinski definition) is 22. The molecule has 10 N–H and O–H groups in total. The Hall–Kier alpha value is -3.50. The summed E-state index contributed by atoms with van der Waals surface area (Å²) < 4.78 is 54.3. The summed E-state index contributed by atoms with van der Waals surface area (Å²) in [7, 11) is 0. The Balaban J connectivity index is 1.09. The summed E-state index contributed by atoms with van der Waals surface area (Å²) in [5, 5.41) is 113. The van der Waals surface area contributed by atoms with E-state index in [1.807, 2.05) is 20.8 Å². The largest absolute Gasteiger partial charge is 0.479 e. The van der Waals surface area contributed by atoms with Gasteiger partial charge in [-0.25, -0.2) is 14.4 Å². The van der Waals surface area contributed by atoms with Crippen molar-refractivity contribution < 1.29 is 113 Å². The second-order valence-corrected chi connectivity index (χ2v) is 26.5. The van der Waals surface area contributed by atoms with Gasteiger partial charge in [0.25, 0.3) is 0 Å². The molecule has 26 atom stereocenters. The molecule has 0 radical (unpaired) electrons. The molecule has 0 spiro atoms. The van der Waals surface area contributed by atoms with Crippen LogP contribution in [0.15, 0.2) is 34.9 Å². The lowest BCUT2D eigenvalue weighted by Crippen LogP contribution is -2.73. The molecule has 3 aliphatic heterocycles. The first-order chi connectivity index (χ1) is 38.2. The van der Waals surface area contributed by atoms with Crippen LogP contribution in [0.4, 0.5) is 0 Å². The normalized spacial score (nSPS) is 48.5. The fourth-order valence-electron chi connectivity index (χ4n) is 16.3. The van der Waals surface area contributed by atoms with Gasteiger partial charge in [0.15, 0.2) is 37.2 Å². The number of rotatable bonds is 14. The van der Waals surface area contributed by atoms with Crippen LogP contribution in [0.2, 0.25) is 0 Å². The zero-order chi connectivity index (χ0) is 60.7. The van der Waals surface area contributed by atoms with Crippen LogP contribution in [-0.4, -0.2) is 205 Å². The van der Waals surface area contributed by atoms with Gasteiger partial charge in [-0.05, 0) is 119 Å². The molecular formula is C59H90O23. The number of esters is 3. The zero-order valence-corrected chi connectivity index (χ0v) is 49.2. The van der Waals surface area contributed by atoms with Crippen molar-refractivity contribution in [2.24, 2.45) is 50.2 Å². The van der Waals surface area contributed by atoms with Crippen LogP contribution in [0, 0.1) is 50.2 Å². The van der Waals surface area contributed by atoms with Crippen LogP contribution in [0.5, 0.6) is 0 Å². The Morgan fingerprint density at radius 2 is 1.34 bits per heavy atom. The van der Waals surface area contributed by atoms with Gasteiger partial charge >= 0.3 is 23.9 Å². The van der Waals surface area contributed by atoms with E-state index < -0.39 is 179 Å². The maximum Gasteiger partial charge on any atom is 0.335 e. The third-order valence-corrected chi connectivity index (χ3v) is 21.6. The SMILES string of the molecule is C/C=C(/C)C(=O)O[C@@H]1[C@@H](O)[C@H](O[C@H]2[C@H](O)[C@]3(COC(C)=O)C(O)C[C@]4(C)C(=CCC5[C@@]6(C)CC[C@H](O[C@@H]7O[C@H](C(=O)O)[C@@H](O)[C@H](O)[C@H]7O[C@@H]7OC[C@H](O)[C@H](O)[C@H]7O)[C@@](C)(CO)C6CC[C@]54C)C3CC2(C)C)O[C@H](C)[C@H]1OC(=O)/C(C)=C\C. The molecular weight excluding hydrogens is 1080 g/mol. The van der Waals surface area contributed by atoms with Crippen LogP contribution in [0.25, 0.3) is 0 Å². The number of hydrogen-bond donors (Lipinski definition) is 10. The van der Waals surface area contributed by atoms with Crippen molar-refractivity contribution in [3.8, 4) is 0 Å². The predicted molar refractivity (Wildman–Crippen MR) is 285 cm³/mol. The number of aliphatic hydroxyl groups excluding tert-OH is 9. The van der Waals surface area contributed by atoms with E-state index >= 15 is 0 Å². The Labute approximate surface area is 478 Å². The number of allylic oxidation sites excluding steroid dienone is 4. The lowest BCUT2D eigenvalue weighted by molar-refractivity contribution is -0.367. The summed E-state index contributed by atoms with van der Waals surface area (Å²) in [6.07, 6.45) is -19.6. The highest BCUT2D eigenvalue weighted by Gasteiger charge is 2.74. The monoisotopic (exact) mass is 1170 g/mol. The third-order valence-electron chi connectivity index (χ3n) is 21.6. The van der Waals surface area contributed by atoms with Crippen LogP contribution in [-0.2, 0) is 61.8 Å². The number of carboxylic acids is 1. The Kier molecular flexibility index (Phi) is 18.6. The second kappa shape index (κ2) is 23.6. The molecule has 4 unspecified atom stereocenters. The van der Waals surface area contributed by atoms with E-state index in [1.165, 1.54) is 19.9 Å². The van der Waals surface area contributed by atoms with Crippen LogP contribution >= 0.6 is 0 Å². The van der Waals surface area contributed by atoms with Gasteiger partial charge in [-0.3, -0.25) is 4.79 Å². The lowest BCUT2D eigenvalue weighted by Gasteiger charge is -2.72. The highest BCUT2D eigenvalue weighted by Crippen LogP contribution is 2.76. The molecule has 0 aromatic rings. The number of fused-ring (bicyclic) bond motifs is 7. The van der Waals surface area contributed by atoms with Crippen molar-refractivity contribution in [1.82, 2.24) is 0 Å². The molecule has 3 saturated heterocycles. The van der Waals surface area contributed by atoms with Crippen molar-refractivity contribution in [2.45, 2.75) is 238 Å². The molecule has 0 aromatic carbocycles. The molecule has 23 nitrogen and oxygen atoms in total. The minimum Gasteiger partial charge on any atom is -0.479 e. The van der Waals surface area contributed by atoms with Gasteiger partial charge in [-0.2, -0.15) is 0 Å². The third kappa shape index (κ3) is 10.6. The smallest absolute Gasteiger partial charge is 0.335 e. The van der Waals surface area contributed by atoms with E-state index in [2.05, 4.69) is 26.8 Å². The highest BCUT2D eigenvalue weighted by atomic mass is 16.8. The van der Waals surface area contributed by atoms with Crippen LogP contribution in [0.3, 0.4) is 0 Å². The van der Waals surface area contributed by atoms with Crippen molar-refractivity contribution in [3.63, 3.8) is 0 Å². The first-order valence-corrected chi connectivity index (χ1v) is 28.9. The average molecular weight is 1170 g/mol. The average Bonchev–Trinajstić information content (AvgIpc) is 1.05. The topological polar surface area (TPSA) is 354 Å². The molecule has 0 bridgehead atoms. The van der Waals surface area contributed by atoms with Gasteiger partial charge in [0.2, 0.25) is 0 Å². The molecule has 7 fully saturated rings. The highest BCUT2D eigenvalue weighted by molar-refractivity contribution is 5.88. The summed E-state index contributed by atoms with van der Waals surface area (Å²) in [5.74, 6) is -4.61. The maximum atomic E-state index is 13.3. The predicted octanol–water partition coefficient (Wildman–Crippen LogP) is 1.86. The standard InChI is InChI=1S/C59H90O23/c1-13-26(3)49(72)78-42-28(5)76-52(41(68)43(42)79-50(73)27(4)14-2)82-47-46(69)59(25-75-29(6)61)31(21-54(47,7)8)30-15-16-34-55(9)19-18-36(56(10,24-60)33(55)17-20-57(34,11)58(30,12)22-35(59)63)77-53-45(39(66)38(65)44(80-53)48(70)71)81-51-40(67)37(64)32(62)23-74-51/h13-15,28,31-47,51-53,60,62-69H,16-25H2,1-12H3,(H,70,71)/b26-13-,27-14-/t28-,31?,32+,33?,34?,35?,36+,37+,38+,39+,40-,41-,42-,43-,44+,45-,46+,47+,51+,52+,53-,55+,56+,57-,58-,59+/m1/s1. The van der Waals surface area contributed by atoms with E-state index in [-0.39, 0.29) is 42.6 Å². The molecule has 8 rings (SSSR count). The number of aliphatic carboxylic acids is 1. The Morgan fingerprint density at radius 3 is 1.94 bits per heavy atom. The Morgan fingerprint density at radius 1 is 0.707 bits per heavy atom. The number of carboxylic acid groups (broad SMARTS) is 1. The molecule has 5 aliphatic carbocycles. The minimum atomic E-state index is -2.02. The molecule has 23 heteroatoms. The number of aliphatic hydroxyl groups is 9. The first-order valence-electron chi connectivity index (χ1n) is 28.9. The van der Waals surface area contributed by atoms with Gasteiger partial charge in [0, 0.05) is 23.5 Å². The molecule has 8 aliphatic rings. The number of carbonyl (C=O) groups is 4. The Bertz CT molecular complexity index is 2480. The van der Waals surface area contributed by atoms with Gasteiger partial charge < -0.3 is 93.7 Å². The lowest BCUT2D eigenvalue weighted by atomic mass is 9.33. The zero-order valence-electron chi connectivity index (χ0n) is 49.2. The summed E-state index contributed by atoms with van der Waals surface area (Å²) in [6, 6.07) is 0. The van der Waals surface area contributed by atoms with E-state index in [4.69, 9.17) is 42.6 Å². The van der Waals surface area contributed by atoms with E-state index in [9.17, 15) is 70.2 Å². The van der Waals surface area contributed by atoms with Crippen molar-refractivity contribution in [3.05, 3.63) is 34.9 Å². The fourth-order valence-corrected chi connectivity index (χ4v) is 16.3. The van der Waals surface area contributed by atoms with E-state index in [0.29, 0.717) is 38.5 Å². The minimum absolute atomic E-state index is 0.0669. The number of ether oxygens (including phenoxy) is 9. The van der Waals surface area contributed by atoms with Crippen molar-refractivity contribution >= 4 is 23.9 Å². The first kappa shape index (κ1) is 64.5. The van der Waals surface area contributed by atoms with Crippen molar-refractivity contribution in [1.29, 1.82) is 0 Å².